The Balaban J connectivity index is 2.20. The molecule has 0 radical (unpaired) electrons. The minimum Gasteiger partial charge on any atom is -0.371 e. The van der Waals surface area contributed by atoms with Gasteiger partial charge in [-0.25, -0.2) is 16.8 Å². The smallest absolute Gasteiger partial charge is 0.179 e. The molecule has 1 aliphatic heterocycles. The van der Waals surface area contributed by atoms with E-state index in [9.17, 15) is 26.4 Å². The van der Waals surface area contributed by atoms with Crippen LogP contribution in [0, 0.1) is 19.8 Å². The van der Waals surface area contributed by atoms with E-state index in [0.29, 0.717) is 23.1 Å². The predicted octanol–water partition coefficient (Wildman–Crippen LogP) is 2.91. The number of ether oxygens (including phenoxy) is 1. The van der Waals surface area contributed by atoms with Crippen molar-refractivity contribution in [2.75, 3.05) is 12.0 Å². The number of carbonyl (C=O) groups excluding carboxylic acids is 2. The van der Waals surface area contributed by atoms with Crippen LogP contribution >= 0.6 is 0 Å². The van der Waals surface area contributed by atoms with Gasteiger partial charge in [0.1, 0.15) is 5.78 Å². The summed E-state index contributed by atoms with van der Waals surface area (Å²) in [5.74, 6) is -2.22. The average Bonchev–Trinajstić information content (AvgIpc) is 2.64. The summed E-state index contributed by atoms with van der Waals surface area (Å²) >= 11 is 0. The van der Waals surface area contributed by atoms with Crippen molar-refractivity contribution < 1.29 is 31.2 Å². The van der Waals surface area contributed by atoms with Crippen LogP contribution in [-0.4, -0.2) is 51.8 Å². The quantitative estimate of drug-likeness (QED) is 0.480. The summed E-state index contributed by atoms with van der Waals surface area (Å²) in [5, 5.41) is -1.05. The van der Waals surface area contributed by atoms with E-state index in [4.69, 9.17) is 4.74 Å². The Labute approximate surface area is 184 Å². The Bertz CT molecular complexity index is 1130. The number of hydrogen-bond acceptors (Lipinski definition) is 7. The number of sulfone groups is 2. The van der Waals surface area contributed by atoms with Gasteiger partial charge in [0, 0.05) is 23.8 Å². The lowest BCUT2D eigenvalue weighted by atomic mass is 9.80. The number of fused-ring (bicyclic) bond motifs is 1. The van der Waals surface area contributed by atoms with Gasteiger partial charge in [0.05, 0.1) is 34.0 Å². The van der Waals surface area contributed by atoms with Crippen LogP contribution in [0.4, 0.5) is 0 Å². The lowest BCUT2D eigenvalue weighted by molar-refractivity contribution is -0.122. The molecule has 0 bridgehead atoms. The highest BCUT2D eigenvalue weighted by molar-refractivity contribution is 7.91. The number of carbonyl (C=O) groups is 2. The van der Waals surface area contributed by atoms with E-state index in [1.807, 2.05) is 13.8 Å². The number of ketones is 2. The van der Waals surface area contributed by atoms with Crippen LogP contribution in [0.2, 0.25) is 0 Å². The number of benzene rings is 1. The maximum absolute atomic E-state index is 13.5. The molecule has 9 heteroatoms. The van der Waals surface area contributed by atoms with E-state index in [0.717, 1.165) is 6.26 Å². The fourth-order valence-electron chi connectivity index (χ4n) is 4.90. The second-order valence-corrected chi connectivity index (χ2v) is 13.3. The fourth-order valence-corrected chi connectivity index (χ4v) is 8.16. The monoisotopic (exact) mass is 470 g/mol. The molecule has 1 saturated carbocycles. The Morgan fingerprint density at radius 3 is 2.42 bits per heavy atom. The summed E-state index contributed by atoms with van der Waals surface area (Å²) in [5.41, 5.74) is 1.53. The van der Waals surface area contributed by atoms with E-state index >= 15 is 0 Å². The fraction of sp³-hybridized carbons (Fsp3) is 0.636. The highest BCUT2D eigenvalue weighted by Crippen LogP contribution is 2.41. The van der Waals surface area contributed by atoms with Crippen molar-refractivity contribution in [2.24, 2.45) is 5.92 Å². The normalized spacial score (nSPS) is 26.0. The molecule has 31 heavy (non-hydrogen) atoms. The molecule has 0 N–H and O–H groups in total. The summed E-state index contributed by atoms with van der Waals surface area (Å²) < 4.78 is 56.3. The molecule has 3 rings (SSSR count). The molecule has 0 saturated heterocycles. The Morgan fingerprint density at radius 2 is 1.84 bits per heavy atom. The molecule has 0 amide bonds. The summed E-state index contributed by atoms with van der Waals surface area (Å²) in [6, 6.07) is 1.49. The van der Waals surface area contributed by atoms with Crippen LogP contribution in [0.5, 0.6) is 0 Å². The van der Waals surface area contributed by atoms with Gasteiger partial charge in [0.15, 0.2) is 25.5 Å². The molecule has 1 aromatic carbocycles. The van der Waals surface area contributed by atoms with Crippen LogP contribution in [0.15, 0.2) is 11.0 Å². The lowest BCUT2D eigenvalue weighted by Crippen LogP contribution is -2.43. The third-order valence-electron chi connectivity index (χ3n) is 6.22. The van der Waals surface area contributed by atoms with E-state index in [1.165, 1.54) is 6.07 Å². The second-order valence-electron chi connectivity index (χ2n) is 8.96. The maximum atomic E-state index is 13.5. The first-order chi connectivity index (χ1) is 14.3. The SMILES string of the molecule is Cc1cc(C(=O)C2C(=O)CCCC2S(C)(=O)=O)c(C)c2c1S(=O)(=O)CCC2OC(C)C. The molecule has 3 atom stereocenters. The zero-order valence-electron chi connectivity index (χ0n) is 18.6. The molecular weight excluding hydrogens is 440 g/mol. The summed E-state index contributed by atoms with van der Waals surface area (Å²) in [4.78, 5) is 26.4. The Morgan fingerprint density at radius 1 is 1.19 bits per heavy atom. The average molecular weight is 471 g/mol. The van der Waals surface area contributed by atoms with Gasteiger partial charge in [-0.1, -0.05) is 0 Å². The summed E-state index contributed by atoms with van der Waals surface area (Å²) in [6.45, 7) is 7.00. The van der Waals surface area contributed by atoms with Crippen molar-refractivity contribution in [3.05, 3.63) is 28.3 Å². The molecule has 1 aliphatic carbocycles. The van der Waals surface area contributed by atoms with Crippen LogP contribution in [0.3, 0.4) is 0 Å². The zero-order chi connectivity index (χ0) is 23.3. The van der Waals surface area contributed by atoms with Crippen LogP contribution in [0.25, 0.3) is 0 Å². The third-order valence-corrected chi connectivity index (χ3v) is 9.76. The van der Waals surface area contributed by atoms with Crippen molar-refractivity contribution in [3.63, 3.8) is 0 Å². The molecule has 2 aliphatic rings. The molecule has 1 aromatic rings. The van der Waals surface area contributed by atoms with E-state index in [-0.39, 0.29) is 47.4 Å². The predicted molar refractivity (Wildman–Crippen MR) is 117 cm³/mol. The molecule has 1 fully saturated rings. The van der Waals surface area contributed by atoms with Crippen molar-refractivity contribution in [1.82, 2.24) is 0 Å². The maximum Gasteiger partial charge on any atom is 0.179 e. The van der Waals surface area contributed by atoms with Gasteiger partial charge in [-0.15, -0.1) is 0 Å². The number of aryl methyl sites for hydroxylation is 1. The largest absolute Gasteiger partial charge is 0.371 e. The summed E-state index contributed by atoms with van der Waals surface area (Å²) in [7, 11) is -7.14. The third kappa shape index (κ3) is 4.50. The number of Topliss-reactive ketones (excluding diaryl/α,β-unsaturated/α-hetero) is 2. The first kappa shape index (κ1) is 24.1. The van der Waals surface area contributed by atoms with Gasteiger partial charge in [0.2, 0.25) is 0 Å². The van der Waals surface area contributed by atoms with Crippen LogP contribution < -0.4 is 0 Å². The highest BCUT2D eigenvalue weighted by atomic mass is 32.2. The second kappa shape index (κ2) is 8.41. The zero-order valence-corrected chi connectivity index (χ0v) is 20.2. The van der Waals surface area contributed by atoms with E-state index in [1.54, 1.807) is 13.8 Å². The molecule has 172 valence electrons. The van der Waals surface area contributed by atoms with Gasteiger partial charge in [-0.2, -0.15) is 0 Å². The van der Waals surface area contributed by atoms with Gasteiger partial charge in [0.25, 0.3) is 0 Å². The van der Waals surface area contributed by atoms with E-state index < -0.39 is 42.7 Å². The molecular formula is C22H30O7S2. The number of hydrogen-bond donors (Lipinski definition) is 0. The first-order valence-corrected chi connectivity index (χ1v) is 14.1. The molecule has 3 unspecified atom stereocenters. The van der Waals surface area contributed by atoms with Crippen LogP contribution in [0.1, 0.15) is 72.7 Å². The van der Waals surface area contributed by atoms with Gasteiger partial charge in [-0.05, 0) is 64.2 Å². The lowest BCUT2D eigenvalue weighted by Gasteiger charge is -2.32. The minimum atomic E-state index is -3.61. The van der Waals surface area contributed by atoms with Crippen LogP contribution in [-0.2, 0) is 29.2 Å². The van der Waals surface area contributed by atoms with E-state index in [2.05, 4.69) is 0 Å². The first-order valence-electron chi connectivity index (χ1n) is 10.5. The Kier molecular flexibility index (Phi) is 6.53. The standard InChI is InChI=1S/C22H30O7S2/c1-12(2)29-17-9-10-31(27,28)22-13(3)11-15(14(4)19(17)22)21(24)20-16(23)7-6-8-18(20)30(5,25)26/h11-12,17-18,20H,6-10H2,1-5H3. The van der Waals surface area contributed by atoms with Crippen molar-refractivity contribution >= 4 is 31.2 Å². The number of rotatable bonds is 5. The molecule has 7 nitrogen and oxygen atoms in total. The minimum absolute atomic E-state index is 0.0395. The molecule has 0 spiro atoms. The molecule has 0 aromatic heterocycles. The van der Waals surface area contributed by atoms with Crippen molar-refractivity contribution in [2.45, 2.75) is 75.7 Å². The van der Waals surface area contributed by atoms with Gasteiger partial charge in [-0.3, -0.25) is 9.59 Å². The van der Waals surface area contributed by atoms with Gasteiger partial charge >= 0.3 is 0 Å². The topological polar surface area (TPSA) is 112 Å². The van der Waals surface area contributed by atoms with Crippen molar-refractivity contribution in [1.29, 1.82) is 0 Å². The van der Waals surface area contributed by atoms with Gasteiger partial charge < -0.3 is 4.74 Å². The molecule has 1 heterocycles. The Hall–Kier alpha value is -1.58. The summed E-state index contributed by atoms with van der Waals surface area (Å²) in [6.07, 6.45) is 1.56. The van der Waals surface area contributed by atoms with Crippen molar-refractivity contribution in [3.8, 4) is 0 Å². The highest BCUT2D eigenvalue weighted by Gasteiger charge is 2.44.